The zero-order chi connectivity index (χ0) is 21.4. The third-order valence-electron chi connectivity index (χ3n) is 3.88. The fourth-order valence-electron chi connectivity index (χ4n) is 2.43. The van der Waals surface area contributed by atoms with Gasteiger partial charge in [0.25, 0.3) is 5.88 Å². The SMILES string of the molecule is COc1nc(NC(=O)CC(=O)NCCCC(F)c2ccc(F)c(O)c2)ccc1F. The Morgan fingerprint density at radius 2 is 1.90 bits per heavy atom. The van der Waals surface area contributed by atoms with Crippen LogP contribution in [0.25, 0.3) is 0 Å². The summed E-state index contributed by atoms with van der Waals surface area (Å²) in [5, 5.41) is 14.1. The number of pyridine rings is 1. The molecule has 0 saturated carbocycles. The third kappa shape index (κ3) is 6.66. The Balaban J connectivity index is 1.71. The van der Waals surface area contributed by atoms with Crippen LogP contribution < -0.4 is 15.4 Å². The van der Waals surface area contributed by atoms with Gasteiger partial charge in [-0.2, -0.15) is 4.98 Å². The van der Waals surface area contributed by atoms with Crippen LogP contribution in [0.15, 0.2) is 30.3 Å². The molecule has 0 aliphatic rings. The van der Waals surface area contributed by atoms with Gasteiger partial charge in [0.1, 0.15) is 18.4 Å². The predicted octanol–water partition coefficient (Wildman–Crippen LogP) is 3.01. The minimum absolute atomic E-state index is 0.0314. The van der Waals surface area contributed by atoms with Crippen LogP contribution >= 0.6 is 0 Å². The van der Waals surface area contributed by atoms with Gasteiger partial charge in [0.15, 0.2) is 17.4 Å². The first kappa shape index (κ1) is 22.0. The molecule has 2 amide bonds. The number of phenolic OH excluding ortho intramolecular Hbond substituents is 1. The van der Waals surface area contributed by atoms with Crippen LogP contribution in [0.1, 0.15) is 31.0 Å². The number of carbonyl (C=O) groups is 2. The lowest BCUT2D eigenvalue weighted by Crippen LogP contribution is -2.29. The molecule has 1 aromatic carbocycles. The summed E-state index contributed by atoms with van der Waals surface area (Å²) >= 11 is 0. The highest BCUT2D eigenvalue weighted by atomic mass is 19.1. The first-order chi connectivity index (χ1) is 13.8. The standard InChI is InChI=1S/C19H20F3N3O4/c1-29-19-14(22)6-7-16(25-19)24-18(28)10-17(27)23-8-2-3-12(20)11-4-5-13(21)15(26)9-11/h4-7,9,12,26H,2-3,8,10H2,1H3,(H,23,27)(H,24,25,28). The maximum absolute atomic E-state index is 14.1. The van der Waals surface area contributed by atoms with Gasteiger partial charge in [0, 0.05) is 6.54 Å². The number of hydrogen-bond donors (Lipinski definition) is 3. The molecule has 10 heteroatoms. The molecule has 29 heavy (non-hydrogen) atoms. The average Bonchev–Trinajstić information content (AvgIpc) is 2.68. The highest BCUT2D eigenvalue weighted by molar-refractivity contribution is 6.03. The van der Waals surface area contributed by atoms with Crippen molar-refractivity contribution in [3.8, 4) is 11.6 Å². The van der Waals surface area contributed by atoms with Gasteiger partial charge < -0.3 is 20.5 Å². The quantitative estimate of drug-likeness (QED) is 0.435. The van der Waals surface area contributed by atoms with Gasteiger partial charge >= 0.3 is 0 Å². The van der Waals surface area contributed by atoms with Crippen molar-refractivity contribution in [2.45, 2.75) is 25.4 Å². The van der Waals surface area contributed by atoms with Gasteiger partial charge in [0.2, 0.25) is 11.8 Å². The molecule has 0 saturated heterocycles. The third-order valence-corrected chi connectivity index (χ3v) is 3.88. The van der Waals surface area contributed by atoms with Crippen molar-refractivity contribution in [3.05, 3.63) is 47.5 Å². The number of alkyl halides is 1. The minimum atomic E-state index is -1.43. The van der Waals surface area contributed by atoms with Crippen molar-refractivity contribution in [2.75, 3.05) is 19.0 Å². The number of carbonyl (C=O) groups excluding carboxylic acids is 2. The fraction of sp³-hybridized carbons (Fsp3) is 0.316. The van der Waals surface area contributed by atoms with Crippen LogP contribution in [-0.2, 0) is 9.59 Å². The highest BCUT2D eigenvalue weighted by Crippen LogP contribution is 2.27. The van der Waals surface area contributed by atoms with Crippen molar-refractivity contribution < 1.29 is 32.6 Å². The number of hydrogen-bond acceptors (Lipinski definition) is 5. The lowest BCUT2D eigenvalue weighted by Gasteiger charge is -2.10. The van der Waals surface area contributed by atoms with Crippen LogP contribution in [0.4, 0.5) is 19.0 Å². The number of methoxy groups -OCH3 is 1. The number of phenols is 1. The molecule has 0 aliphatic heterocycles. The van der Waals surface area contributed by atoms with E-state index < -0.39 is 41.8 Å². The van der Waals surface area contributed by atoms with Gasteiger partial charge in [-0.15, -0.1) is 0 Å². The number of nitrogens with zero attached hydrogens (tertiary/aromatic N) is 1. The van der Waals surface area contributed by atoms with Crippen LogP contribution in [0.5, 0.6) is 11.6 Å². The van der Waals surface area contributed by atoms with Crippen LogP contribution in [0.3, 0.4) is 0 Å². The summed E-state index contributed by atoms with van der Waals surface area (Å²) in [5.41, 5.74) is 0.136. The molecule has 3 N–H and O–H groups in total. The number of rotatable bonds is 9. The minimum Gasteiger partial charge on any atom is -0.505 e. The van der Waals surface area contributed by atoms with Crippen molar-refractivity contribution in [1.82, 2.24) is 10.3 Å². The first-order valence-corrected chi connectivity index (χ1v) is 8.69. The van der Waals surface area contributed by atoms with E-state index >= 15 is 0 Å². The second kappa shape index (κ2) is 10.3. The highest BCUT2D eigenvalue weighted by Gasteiger charge is 2.14. The Morgan fingerprint density at radius 1 is 1.17 bits per heavy atom. The molecule has 2 aromatic rings. The smallest absolute Gasteiger partial charge is 0.252 e. The second-order valence-corrected chi connectivity index (χ2v) is 6.08. The zero-order valence-electron chi connectivity index (χ0n) is 15.5. The van der Waals surface area contributed by atoms with E-state index in [9.17, 15) is 27.9 Å². The number of nitrogens with one attached hydrogen (secondary N) is 2. The normalized spacial score (nSPS) is 11.6. The van der Waals surface area contributed by atoms with Gasteiger partial charge in [0.05, 0.1) is 7.11 Å². The summed E-state index contributed by atoms with van der Waals surface area (Å²) in [6.07, 6.45) is -1.62. The van der Waals surface area contributed by atoms with E-state index in [0.29, 0.717) is 0 Å². The summed E-state index contributed by atoms with van der Waals surface area (Å²) in [6.45, 7) is 0.127. The summed E-state index contributed by atoms with van der Waals surface area (Å²) in [4.78, 5) is 27.3. The van der Waals surface area contributed by atoms with Crippen molar-refractivity contribution in [2.24, 2.45) is 0 Å². The molecule has 1 aromatic heterocycles. The molecule has 7 nitrogen and oxygen atoms in total. The summed E-state index contributed by atoms with van der Waals surface area (Å²) in [5.74, 6) is -3.64. The maximum atomic E-state index is 14.1. The van der Waals surface area contributed by atoms with Crippen molar-refractivity contribution >= 4 is 17.6 Å². The summed E-state index contributed by atoms with van der Waals surface area (Å²) in [6, 6.07) is 5.52. The molecular weight excluding hydrogens is 391 g/mol. The predicted molar refractivity (Wildman–Crippen MR) is 98.2 cm³/mol. The van der Waals surface area contributed by atoms with E-state index in [1.165, 1.54) is 19.2 Å². The van der Waals surface area contributed by atoms with E-state index in [4.69, 9.17) is 4.74 Å². The fourth-order valence-corrected chi connectivity index (χ4v) is 2.43. The van der Waals surface area contributed by atoms with E-state index in [0.717, 1.165) is 18.2 Å². The molecule has 1 heterocycles. The Morgan fingerprint density at radius 3 is 2.59 bits per heavy atom. The lowest BCUT2D eigenvalue weighted by molar-refractivity contribution is -0.126. The molecule has 1 atom stereocenters. The van der Waals surface area contributed by atoms with Gasteiger partial charge in [-0.25, -0.2) is 13.2 Å². The van der Waals surface area contributed by atoms with E-state index in [1.54, 1.807) is 0 Å². The Bertz CT molecular complexity index is 880. The molecular formula is C19H20F3N3O4. The molecule has 0 radical (unpaired) electrons. The van der Waals surface area contributed by atoms with Crippen LogP contribution in [0.2, 0.25) is 0 Å². The average molecular weight is 411 g/mol. The van der Waals surface area contributed by atoms with Crippen LogP contribution in [-0.4, -0.2) is 35.6 Å². The Hall–Kier alpha value is -3.30. The summed E-state index contributed by atoms with van der Waals surface area (Å²) in [7, 11) is 1.23. The molecule has 0 spiro atoms. The van der Waals surface area contributed by atoms with Crippen molar-refractivity contribution in [1.29, 1.82) is 0 Å². The molecule has 0 aliphatic carbocycles. The number of amides is 2. The number of aromatic hydroxyl groups is 1. The number of ether oxygens (including phenoxy) is 1. The molecule has 156 valence electrons. The Kier molecular flexibility index (Phi) is 7.81. The van der Waals surface area contributed by atoms with Gasteiger partial charge in [-0.05, 0) is 42.7 Å². The molecule has 0 fully saturated rings. The maximum Gasteiger partial charge on any atom is 0.252 e. The van der Waals surface area contributed by atoms with Crippen molar-refractivity contribution in [3.63, 3.8) is 0 Å². The zero-order valence-corrected chi connectivity index (χ0v) is 15.5. The second-order valence-electron chi connectivity index (χ2n) is 6.08. The van der Waals surface area contributed by atoms with Gasteiger partial charge in [-0.3, -0.25) is 9.59 Å². The summed E-state index contributed by atoms with van der Waals surface area (Å²) < 4.78 is 45.0. The topological polar surface area (TPSA) is 101 Å². The van der Waals surface area contributed by atoms with E-state index in [1.807, 2.05) is 0 Å². The Labute approximate surface area is 164 Å². The lowest BCUT2D eigenvalue weighted by atomic mass is 10.1. The van der Waals surface area contributed by atoms with Crippen LogP contribution in [0, 0.1) is 11.6 Å². The number of aromatic nitrogens is 1. The number of benzene rings is 1. The van der Waals surface area contributed by atoms with Gasteiger partial charge in [-0.1, -0.05) is 6.07 Å². The van der Waals surface area contributed by atoms with E-state index in [2.05, 4.69) is 15.6 Å². The number of anilines is 1. The monoisotopic (exact) mass is 411 g/mol. The largest absolute Gasteiger partial charge is 0.505 e. The number of halogens is 3. The van der Waals surface area contributed by atoms with E-state index in [-0.39, 0.29) is 36.6 Å². The molecule has 1 unspecified atom stereocenters. The molecule has 0 bridgehead atoms. The molecule has 2 rings (SSSR count). The first-order valence-electron chi connectivity index (χ1n) is 8.69.